The minimum absolute atomic E-state index is 0.0459. The van der Waals surface area contributed by atoms with Gasteiger partial charge in [-0.1, -0.05) is 24.3 Å². The molecule has 0 radical (unpaired) electrons. The molecule has 3 aromatic rings. The number of halogens is 7. The summed E-state index contributed by atoms with van der Waals surface area (Å²) in [5.74, 6) is -4.64. The molecule has 26 heavy (non-hydrogen) atoms. The van der Waals surface area contributed by atoms with E-state index in [9.17, 15) is 30.7 Å². The summed E-state index contributed by atoms with van der Waals surface area (Å²) in [7, 11) is 0. The monoisotopic (exact) mass is 370 g/mol. The fraction of sp³-hybridized carbons (Fsp3) is 0.0526. The summed E-state index contributed by atoms with van der Waals surface area (Å²) in [5.41, 5.74) is -2.77. The van der Waals surface area contributed by atoms with Crippen LogP contribution < -0.4 is 0 Å². The van der Waals surface area contributed by atoms with Crippen molar-refractivity contribution in [1.82, 2.24) is 0 Å². The van der Waals surface area contributed by atoms with Gasteiger partial charge in [-0.25, -0.2) is 17.6 Å². The molecule has 0 aliphatic rings. The Labute approximate surface area is 143 Å². The second-order valence-electron chi connectivity index (χ2n) is 5.49. The molecule has 0 aliphatic heterocycles. The molecule has 0 saturated carbocycles. The van der Waals surface area contributed by atoms with Gasteiger partial charge >= 0.3 is 6.18 Å². The Bertz CT molecular complexity index is 951. The first-order chi connectivity index (χ1) is 12.2. The lowest BCUT2D eigenvalue weighted by molar-refractivity contribution is -0.139. The predicted molar refractivity (Wildman–Crippen MR) is 82.1 cm³/mol. The van der Waals surface area contributed by atoms with Crippen molar-refractivity contribution in [3.63, 3.8) is 0 Å². The Morgan fingerprint density at radius 3 is 1.69 bits per heavy atom. The molecule has 3 aromatic carbocycles. The van der Waals surface area contributed by atoms with Crippen LogP contribution in [0.2, 0.25) is 0 Å². The topological polar surface area (TPSA) is 0 Å². The van der Waals surface area contributed by atoms with Crippen molar-refractivity contribution in [2.45, 2.75) is 6.18 Å². The van der Waals surface area contributed by atoms with Crippen molar-refractivity contribution in [3.05, 3.63) is 83.4 Å². The van der Waals surface area contributed by atoms with Crippen LogP contribution in [0.1, 0.15) is 5.56 Å². The molecular weight excluding hydrogens is 361 g/mol. The van der Waals surface area contributed by atoms with Gasteiger partial charge in [-0.3, -0.25) is 0 Å². The van der Waals surface area contributed by atoms with Gasteiger partial charge < -0.3 is 0 Å². The molecule has 0 amide bonds. The van der Waals surface area contributed by atoms with Crippen LogP contribution in [0.25, 0.3) is 22.3 Å². The van der Waals surface area contributed by atoms with E-state index in [4.69, 9.17) is 0 Å². The number of hydrogen-bond acceptors (Lipinski definition) is 0. The molecule has 3 rings (SSSR count). The first-order valence-corrected chi connectivity index (χ1v) is 7.29. The highest BCUT2D eigenvalue weighted by Gasteiger charge is 2.34. The Hall–Kier alpha value is -2.83. The molecule has 0 nitrogen and oxygen atoms in total. The molecular formula is C19H9F7. The number of alkyl halides is 3. The van der Waals surface area contributed by atoms with Gasteiger partial charge in [-0.05, 0) is 41.5 Å². The third kappa shape index (κ3) is 3.29. The van der Waals surface area contributed by atoms with Gasteiger partial charge in [0.15, 0.2) is 0 Å². The first kappa shape index (κ1) is 18.0. The van der Waals surface area contributed by atoms with Crippen molar-refractivity contribution in [2.24, 2.45) is 0 Å². The van der Waals surface area contributed by atoms with E-state index in [1.165, 1.54) is 18.2 Å². The lowest BCUT2D eigenvalue weighted by atomic mass is 9.97. The van der Waals surface area contributed by atoms with Crippen molar-refractivity contribution < 1.29 is 30.7 Å². The molecule has 0 bridgehead atoms. The maximum Gasteiger partial charge on any atom is 0.419 e. The van der Waals surface area contributed by atoms with E-state index >= 15 is 0 Å². The standard InChI is InChI=1S/C19H9F7/c20-14-4-2-1-3-12(14)11-8-16(22)18(17(23)9-11)10-5-6-13(15(21)7-10)19(24,25)26/h1-9H. The van der Waals surface area contributed by atoms with Crippen LogP contribution in [-0.2, 0) is 6.18 Å². The summed E-state index contributed by atoms with van der Waals surface area (Å²) in [6, 6.07) is 8.60. The van der Waals surface area contributed by atoms with E-state index < -0.39 is 46.1 Å². The summed E-state index contributed by atoms with van der Waals surface area (Å²) in [6.45, 7) is 0. The minimum Gasteiger partial charge on any atom is -0.206 e. The molecule has 0 aromatic heterocycles. The molecule has 0 heterocycles. The fourth-order valence-corrected chi connectivity index (χ4v) is 2.60. The highest BCUT2D eigenvalue weighted by Crippen LogP contribution is 2.36. The number of hydrogen-bond donors (Lipinski definition) is 0. The lowest BCUT2D eigenvalue weighted by Crippen LogP contribution is -2.08. The minimum atomic E-state index is -4.92. The van der Waals surface area contributed by atoms with Gasteiger partial charge in [0.2, 0.25) is 0 Å². The second kappa shape index (κ2) is 6.48. The quantitative estimate of drug-likeness (QED) is 0.446. The largest absolute Gasteiger partial charge is 0.419 e. The zero-order valence-electron chi connectivity index (χ0n) is 12.8. The SMILES string of the molecule is Fc1ccccc1-c1cc(F)c(-c2ccc(C(F)(F)F)c(F)c2)c(F)c1. The van der Waals surface area contributed by atoms with Crippen molar-refractivity contribution in [2.75, 3.05) is 0 Å². The average Bonchev–Trinajstić information content (AvgIpc) is 2.53. The summed E-state index contributed by atoms with van der Waals surface area (Å²) in [6.07, 6.45) is -4.92. The van der Waals surface area contributed by atoms with E-state index in [2.05, 4.69) is 0 Å². The van der Waals surface area contributed by atoms with Crippen LogP contribution in [-0.4, -0.2) is 0 Å². The third-order valence-electron chi connectivity index (χ3n) is 3.79. The molecule has 0 atom stereocenters. The Kier molecular flexibility index (Phi) is 4.48. The van der Waals surface area contributed by atoms with Crippen molar-refractivity contribution >= 4 is 0 Å². The van der Waals surface area contributed by atoms with E-state index in [0.717, 1.165) is 24.3 Å². The van der Waals surface area contributed by atoms with Gasteiger partial charge in [0.25, 0.3) is 0 Å². The second-order valence-corrected chi connectivity index (χ2v) is 5.49. The van der Waals surface area contributed by atoms with Crippen molar-refractivity contribution in [1.29, 1.82) is 0 Å². The summed E-state index contributed by atoms with van der Waals surface area (Å²) >= 11 is 0. The maximum atomic E-state index is 14.4. The van der Waals surface area contributed by atoms with E-state index in [1.54, 1.807) is 0 Å². The Balaban J connectivity index is 2.10. The van der Waals surface area contributed by atoms with Gasteiger partial charge in [0.05, 0.1) is 11.1 Å². The number of rotatable bonds is 2. The zero-order valence-corrected chi connectivity index (χ0v) is 12.8. The van der Waals surface area contributed by atoms with Gasteiger partial charge in [0, 0.05) is 5.56 Å². The Morgan fingerprint density at radius 2 is 1.15 bits per heavy atom. The van der Waals surface area contributed by atoms with E-state index in [0.29, 0.717) is 12.1 Å². The summed E-state index contributed by atoms with van der Waals surface area (Å²) in [4.78, 5) is 0. The smallest absolute Gasteiger partial charge is 0.206 e. The van der Waals surface area contributed by atoms with Crippen molar-refractivity contribution in [3.8, 4) is 22.3 Å². The van der Waals surface area contributed by atoms with Crippen LogP contribution >= 0.6 is 0 Å². The molecule has 0 fully saturated rings. The van der Waals surface area contributed by atoms with Crippen LogP contribution in [0.5, 0.6) is 0 Å². The normalized spacial score (nSPS) is 11.7. The van der Waals surface area contributed by atoms with Gasteiger partial charge in [0.1, 0.15) is 23.3 Å². The molecule has 0 N–H and O–H groups in total. The molecule has 0 unspecified atom stereocenters. The van der Waals surface area contributed by atoms with Crippen LogP contribution in [0, 0.1) is 23.3 Å². The number of benzene rings is 3. The molecule has 0 spiro atoms. The highest BCUT2D eigenvalue weighted by molar-refractivity contribution is 5.72. The van der Waals surface area contributed by atoms with Crippen LogP contribution in [0.15, 0.2) is 54.6 Å². The maximum absolute atomic E-state index is 14.4. The predicted octanol–water partition coefficient (Wildman–Crippen LogP) is 6.60. The fourth-order valence-electron chi connectivity index (χ4n) is 2.60. The molecule has 0 aliphatic carbocycles. The van der Waals surface area contributed by atoms with Gasteiger partial charge in [-0.15, -0.1) is 0 Å². The summed E-state index contributed by atoms with van der Waals surface area (Å²) < 4.78 is 94.0. The zero-order chi connectivity index (χ0) is 19.1. The van der Waals surface area contributed by atoms with E-state index in [1.807, 2.05) is 0 Å². The molecule has 134 valence electrons. The highest BCUT2D eigenvalue weighted by atomic mass is 19.4. The average molecular weight is 370 g/mol. The van der Waals surface area contributed by atoms with Crippen LogP contribution in [0.4, 0.5) is 30.7 Å². The first-order valence-electron chi connectivity index (χ1n) is 7.29. The van der Waals surface area contributed by atoms with E-state index in [-0.39, 0.29) is 11.1 Å². The third-order valence-corrected chi connectivity index (χ3v) is 3.79. The molecule has 0 saturated heterocycles. The lowest BCUT2D eigenvalue weighted by Gasteiger charge is -2.12. The van der Waals surface area contributed by atoms with Crippen LogP contribution in [0.3, 0.4) is 0 Å². The molecule has 7 heteroatoms. The van der Waals surface area contributed by atoms with Gasteiger partial charge in [-0.2, -0.15) is 13.2 Å². The Morgan fingerprint density at radius 1 is 0.577 bits per heavy atom. The summed E-state index contributed by atoms with van der Waals surface area (Å²) in [5, 5.41) is 0.